The number of anilines is 3. The molecule has 1 spiro atoms. The van der Waals surface area contributed by atoms with Gasteiger partial charge in [0, 0.05) is 51.1 Å². The molecular formula is C42H28BNOS. The lowest BCUT2D eigenvalue weighted by Crippen LogP contribution is -2.57. The van der Waals surface area contributed by atoms with Crippen molar-refractivity contribution >= 4 is 49.2 Å². The van der Waals surface area contributed by atoms with E-state index in [1.165, 1.54) is 16.4 Å². The summed E-state index contributed by atoms with van der Waals surface area (Å²) in [7, 11) is -3.94. The van der Waals surface area contributed by atoms with Crippen molar-refractivity contribution in [2.24, 2.45) is 0 Å². The van der Waals surface area contributed by atoms with Gasteiger partial charge in [0.15, 0.2) is 0 Å². The van der Waals surface area contributed by atoms with Crippen LogP contribution in [0.3, 0.4) is 0 Å². The maximum atomic E-state index is 17.0. The van der Waals surface area contributed by atoms with Gasteiger partial charge < -0.3 is 4.90 Å². The van der Waals surface area contributed by atoms with Crippen LogP contribution in [0.5, 0.6) is 0 Å². The second-order valence-corrected chi connectivity index (χ2v) is 16.0. The lowest BCUT2D eigenvalue weighted by molar-refractivity contribution is 0.658. The molecule has 0 unspecified atom stereocenters. The fourth-order valence-electron chi connectivity index (χ4n) is 8.51. The predicted molar refractivity (Wildman–Crippen MR) is 191 cm³/mol. The Hall–Kier alpha value is -5.45. The third kappa shape index (κ3) is 2.96. The van der Waals surface area contributed by atoms with Gasteiger partial charge >= 0.3 is 0 Å². The minimum Gasteiger partial charge on any atom is -0.311 e. The minimum atomic E-state index is -3.94. The van der Waals surface area contributed by atoms with Crippen molar-refractivity contribution in [1.82, 2.24) is 0 Å². The van der Waals surface area contributed by atoms with Crippen molar-refractivity contribution in [3.63, 3.8) is 0 Å². The normalized spacial score (nSPS) is 16.3. The Balaban J connectivity index is 1.33. The summed E-state index contributed by atoms with van der Waals surface area (Å²) in [6.45, 7) is 0.104. The van der Waals surface area contributed by atoms with Crippen LogP contribution in [0.1, 0.15) is 0 Å². The Bertz CT molecular complexity index is 2370. The summed E-state index contributed by atoms with van der Waals surface area (Å²) < 4.78 is 17.0. The molecule has 0 fully saturated rings. The number of hydrogen-bond donors (Lipinski definition) is 0. The lowest BCUT2D eigenvalue weighted by Gasteiger charge is -2.40. The van der Waals surface area contributed by atoms with Crippen molar-refractivity contribution in [3.8, 4) is 22.3 Å². The highest BCUT2D eigenvalue weighted by Gasteiger charge is 2.58. The number of benzene rings is 7. The Morgan fingerprint density at radius 2 is 0.826 bits per heavy atom. The SMILES string of the molecule is O=S12(c3ccccc3-c3ccccc31)c1ccccc1-c1c(N3c4ccccc4B(c4ccccc4)c4ccccc43)cccc12. The third-order valence-corrected chi connectivity index (χ3v) is 15.0. The van der Waals surface area contributed by atoms with Crippen LogP contribution in [0.2, 0.25) is 0 Å². The monoisotopic (exact) mass is 605 g/mol. The van der Waals surface area contributed by atoms with E-state index in [0.29, 0.717) is 0 Å². The van der Waals surface area contributed by atoms with Gasteiger partial charge in [0.25, 0.3) is 0 Å². The zero-order valence-electron chi connectivity index (χ0n) is 25.0. The minimum absolute atomic E-state index is 0.104. The van der Waals surface area contributed by atoms with Crippen LogP contribution in [0.15, 0.2) is 189 Å². The van der Waals surface area contributed by atoms with Gasteiger partial charge in [-0.15, -0.1) is 0 Å². The van der Waals surface area contributed by atoms with Gasteiger partial charge in [-0.3, -0.25) is 4.21 Å². The molecule has 0 radical (unpaired) electrons. The van der Waals surface area contributed by atoms with Crippen LogP contribution < -0.4 is 21.3 Å². The van der Waals surface area contributed by atoms with Crippen LogP contribution >= 0.6 is 0 Å². The van der Waals surface area contributed by atoms with Crippen molar-refractivity contribution < 1.29 is 4.21 Å². The average Bonchev–Trinajstić information content (AvgIpc) is 3.52. The van der Waals surface area contributed by atoms with Crippen LogP contribution in [0.4, 0.5) is 17.1 Å². The summed E-state index contributed by atoms with van der Waals surface area (Å²) in [5, 5.41) is 0. The van der Waals surface area contributed by atoms with Gasteiger partial charge in [-0.2, -0.15) is 0 Å². The van der Waals surface area contributed by atoms with Gasteiger partial charge in [0.05, 0.1) is 5.69 Å². The molecule has 0 saturated heterocycles. The summed E-state index contributed by atoms with van der Waals surface area (Å²) in [5.74, 6) is 0. The predicted octanol–water partition coefficient (Wildman–Crippen LogP) is 8.30. The summed E-state index contributed by atoms with van der Waals surface area (Å²) in [5.41, 5.74) is 11.3. The fraction of sp³-hybridized carbons (Fsp3) is 0. The number of rotatable bonds is 2. The van der Waals surface area contributed by atoms with E-state index in [2.05, 4.69) is 157 Å². The molecule has 0 saturated carbocycles. The van der Waals surface area contributed by atoms with Crippen molar-refractivity contribution in [1.29, 1.82) is 0 Å². The molecule has 0 bridgehead atoms. The molecule has 0 amide bonds. The van der Waals surface area contributed by atoms with E-state index in [1.807, 2.05) is 18.2 Å². The lowest BCUT2D eigenvalue weighted by atomic mass is 9.35. The van der Waals surface area contributed by atoms with E-state index >= 15 is 4.21 Å². The number of fused-ring (bicyclic) bond motifs is 12. The maximum Gasteiger partial charge on any atom is 0.246 e. The van der Waals surface area contributed by atoms with E-state index in [4.69, 9.17) is 0 Å². The molecule has 10 rings (SSSR count). The molecule has 3 aliphatic heterocycles. The Labute approximate surface area is 269 Å². The molecule has 2 nitrogen and oxygen atoms in total. The topological polar surface area (TPSA) is 20.3 Å². The van der Waals surface area contributed by atoms with E-state index in [9.17, 15) is 0 Å². The van der Waals surface area contributed by atoms with Crippen molar-refractivity contribution in [3.05, 3.63) is 170 Å². The van der Waals surface area contributed by atoms with E-state index in [-0.39, 0.29) is 6.71 Å². The number of nitrogens with zero attached hydrogens (tertiary/aromatic N) is 1. The van der Waals surface area contributed by atoms with Gasteiger partial charge in [-0.05, 0) is 64.5 Å². The van der Waals surface area contributed by atoms with Crippen LogP contribution in [0, 0.1) is 0 Å². The first-order valence-corrected chi connectivity index (χ1v) is 17.8. The molecule has 0 atom stereocenters. The molecule has 0 aliphatic carbocycles. The first kappa shape index (κ1) is 25.8. The second-order valence-electron chi connectivity index (χ2n) is 12.4. The first-order chi connectivity index (χ1) is 22.7. The highest BCUT2D eigenvalue weighted by Crippen LogP contribution is 2.72. The molecule has 4 heteroatoms. The van der Waals surface area contributed by atoms with E-state index in [1.54, 1.807) is 0 Å². The molecule has 3 heterocycles. The smallest absolute Gasteiger partial charge is 0.246 e. The Kier molecular flexibility index (Phi) is 5.09. The Morgan fingerprint density at radius 3 is 1.43 bits per heavy atom. The molecule has 3 aliphatic rings. The zero-order valence-corrected chi connectivity index (χ0v) is 25.8. The zero-order chi connectivity index (χ0) is 30.5. The average molecular weight is 606 g/mol. The summed E-state index contributed by atoms with van der Waals surface area (Å²) in [4.78, 5) is 6.03. The van der Waals surface area contributed by atoms with E-state index in [0.717, 1.165) is 58.9 Å². The van der Waals surface area contributed by atoms with Crippen LogP contribution in [0.25, 0.3) is 22.3 Å². The molecule has 7 aromatic rings. The van der Waals surface area contributed by atoms with Crippen LogP contribution in [-0.4, -0.2) is 10.9 Å². The quantitative estimate of drug-likeness (QED) is 0.185. The highest BCUT2D eigenvalue weighted by molar-refractivity contribution is 8.21. The first-order valence-electron chi connectivity index (χ1n) is 15.8. The molecule has 0 aromatic heterocycles. The standard InChI is InChI=1S/C42H28BNOS/c45-46(38-25-11-4-17-30(38)31-18-5-12-26-39(31)46)40-27-13-6-19-32(40)42-37(24-14-28-41(42)46)44-35-22-9-7-20-33(35)43(29-15-2-1-3-16-29)34-21-8-10-23-36(34)44/h1-28H. The van der Waals surface area contributed by atoms with Crippen molar-refractivity contribution in [2.75, 3.05) is 4.90 Å². The van der Waals surface area contributed by atoms with Gasteiger partial charge in [-0.25, -0.2) is 0 Å². The number of para-hydroxylation sites is 2. The second kappa shape index (κ2) is 9.06. The van der Waals surface area contributed by atoms with Crippen LogP contribution in [-0.2, 0) is 9.07 Å². The van der Waals surface area contributed by atoms with Crippen molar-refractivity contribution in [2.45, 2.75) is 19.6 Å². The molecule has 216 valence electrons. The largest absolute Gasteiger partial charge is 0.311 e. The molecule has 0 N–H and O–H groups in total. The maximum absolute atomic E-state index is 17.0. The van der Waals surface area contributed by atoms with Gasteiger partial charge in [0.2, 0.25) is 6.71 Å². The van der Waals surface area contributed by atoms with E-state index < -0.39 is 9.07 Å². The third-order valence-electron chi connectivity index (χ3n) is 10.3. The van der Waals surface area contributed by atoms with Gasteiger partial charge in [0.1, 0.15) is 0 Å². The molecular weight excluding hydrogens is 577 g/mol. The summed E-state index contributed by atoms with van der Waals surface area (Å²) in [6.07, 6.45) is 0. The molecule has 46 heavy (non-hydrogen) atoms. The highest BCUT2D eigenvalue weighted by atomic mass is 32.3. The molecule has 7 aromatic carbocycles. The number of hydrogen-bond acceptors (Lipinski definition) is 2. The summed E-state index contributed by atoms with van der Waals surface area (Å²) >= 11 is 0. The van der Waals surface area contributed by atoms with Gasteiger partial charge in [-0.1, -0.05) is 133 Å². The fourth-order valence-corrected chi connectivity index (χ4v) is 13.7. The Morgan fingerprint density at radius 1 is 0.391 bits per heavy atom. The summed E-state index contributed by atoms with van der Waals surface area (Å²) in [6, 6.07) is 59.9.